The van der Waals surface area contributed by atoms with Gasteiger partial charge in [-0.25, -0.2) is 0 Å². The van der Waals surface area contributed by atoms with Crippen molar-refractivity contribution in [3.8, 4) is 11.5 Å². The van der Waals surface area contributed by atoms with Crippen LogP contribution < -0.4 is 4.74 Å². The summed E-state index contributed by atoms with van der Waals surface area (Å²) in [5.41, 5.74) is -0.462. The lowest BCUT2D eigenvalue weighted by Gasteiger charge is -2.15. The number of benzene rings is 2. The smallest absolute Gasteiger partial charge is 0.419 e. The van der Waals surface area contributed by atoms with Gasteiger partial charge in [0, 0.05) is 5.56 Å². The van der Waals surface area contributed by atoms with Gasteiger partial charge in [-0.3, -0.25) is 0 Å². The van der Waals surface area contributed by atoms with E-state index in [0.717, 1.165) is 6.07 Å². The Kier molecular flexibility index (Phi) is 3.28. The van der Waals surface area contributed by atoms with Crippen molar-refractivity contribution in [2.24, 2.45) is 0 Å². The molecule has 0 heterocycles. The first kappa shape index (κ1) is 12.5. The zero-order chi connectivity index (χ0) is 13.2. The van der Waals surface area contributed by atoms with E-state index < -0.39 is 11.7 Å². The summed E-state index contributed by atoms with van der Waals surface area (Å²) in [4.78, 5) is 0. The van der Waals surface area contributed by atoms with Crippen molar-refractivity contribution in [3.63, 3.8) is 0 Å². The Morgan fingerprint density at radius 2 is 1.72 bits per heavy atom. The van der Waals surface area contributed by atoms with E-state index in [1.165, 1.54) is 13.0 Å². The van der Waals surface area contributed by atoms with Crippen LogP contribution in [-0.4, -0.2) is 0 Å². The largest absolute Gasteiger partial charge is 0.456 e. The molecule has 2 aromatic carbocycles. The van der Waals surface area contributed by atoms with Gasteiger partial charge in [-0.15, -0.1) is 0 Å². The summed E-state index contributed by atoms with van der Waals surface area (Å²) in [6.45, 7) is 1.54. The maximum Gasteiger partial charge on any atom is 0.419 e. The fraction of sp³-hybridized carbons (Fsp3) is 0.143. The number of ether oxygens (including phenoxy) is 1. The Morgan fingerprint density at radius 1 is 1.06 bits per heavy atom. The SMILES string of the molecule is Cc1[c]ccc(C(F)(F)F)c1Oc1ccccc1. The summed E-state index contributed by atoms with van der Waals surface area (Å²) >= 11 is 0. The second-order valence-electron chi connectivity index (χ2n) is 3.76. The Hall–Kier alpha value is -1.97. The number of halogens is 3. The Labute approximate surface area is 103 Å². The van der Waals surface area contributed by atoms with Gasteiger partial charge < -0.3 is 4.74 Å². The van der Waals surface area contributed by atoms with Crippen LogP contribution in [0.15, 0.2) is 42.5 Å². The zero-order valence-corrected chi connectivity index (χ0v) is 9.58. The first-order valence-electron chi connectivity index (χ1n) is 5.30. The molecule has 0 bridgehead atoms. The molecular weight excluding hydrogens is 241 g/mol. The molecule has 93 valence electrons. The molecule has 2 aromatic rings. The average Bonchev–Trinajstić information content (AvgIpc) is 2.32. The highest BCUT2D eigenvalue weighted by Gasteiger charge is 2.35. The summed E-state index contributed by atoms with van der Waals surface area (Å²) in [6.07, 6.45) is -4.44. The molecule has 1 nitrogen and oxygen atoms in total. The average molecular weight is 251 g/mol. The Balaban J connectivity index is 2.44. The highest BCUT2D eigenvalue weighted by molar-refractivity contribution is 5.44. The molecule has 0 aliphatic heterocycles. The van der Waals surface area contributed by atoms with Gasteiger partial charge in [0.25, 0.3) is 0 Å². The third-order valence-corrected chi connectivity index (χ3v) is 2.40. The number of para-hydroxylation sites is 1. The quantitative estimate of drug-likeness (QED) is 0.757. The second kappa shape index (κ2) is 4.72. The van der Waals surface area contributed by atoms with Crippen molar-refractivity contribution < 1.29 is 17.9 Å². The molecule has 0 aliphatic rings. The number of hydrogen-bond acceptors (Lipinski definition) is 1. The first-order chi connectivity index (χ1) is 8.48. The van der Waals surface area contributed by atoms with Crippen LogP contribution in [0.1, 0.15) is 11.1 Å². The van der Waals surface area contributed by atoms with E-state index in [-0.39, 0.29) is 5.75 Å². The lowest BCUT2D eigenvalue weighted by atomic mass is 10.1. The Morgan fingerprint density at radius 3 is 2.33 bits per heavy atom. The number of hydrogen-bond donors (Lipinski definition) is 0. The molecule has 0 fully saturated rings. The summed E-state index contributed by atoms with van der Waals surface area (Å²) in [5.74, 6) is 0.168. The Bertz CT molecular complexity index is 532. The van der Waals surface area contributed by atoms with E-state index in [2.05, 4.69) is 6.07 Å². The lowest BCUT2D eigenvalue weighted by molar-refractivity contribution is -0.138. The minimum absolute atomic E-state index is 0.198. The van der Waals surface area contributed by atoms with Gasteiger partial charge >= 0.3 is 6.18 Å². The van der Waals surface area contributed by atoms with E-state index in [0.29, 0.717) is 11.3 Å². The van der Waals surface area contributed by atoms with Gasteiger partial charge in [0.15, 0.2) is 0 Å². The van der Waals surface area contributed by atoms with E-state index in [4.69, 9.17) is 4.74 Å². The number of alkyl halides is 3. The van der Waals surface area contributed by atoms with Gasteiger partial charge in [0.2, 0.25) is 0 Å². The number of rotatable bonds is 2. The molecule has 0 atom stereocenters. The summed E-state index contributed by atoms with van der Waals surface area (Å²) < 4.78 is 43.8. The van der Waals surface area contributed by atoms with Crippen LogP contribution in [0.3, 0.4) is 0 Å². The van der Waals surface area contributed by atoms with Crippen LogP contribution in [-0.2, 0) is 6.18 Å². The van der Waals surface area contributed by atoms with Gasteiger partial charge in [0.05, 0.1) is 5.56 Å². The lowest BCUT2D eigenvalue weighted by Crippen LogP contribution is -2.08. The van der Waals surface area contributed by atoms with Crippen molar-refractivity contribution in [2.75, 3.05) is 0 Å². The predicted octanol–water partition coefficient (Wildman–Crippen LogP) is 4.61. The van der Waals surface area contributed by atoms with E-state index in [1.807, 2.05) is 0 Å². The number of aryl methyl sites for hydroxylation is 1. The standard InChI is InChI=1S/C14H10F3O/c1-10-6-5-9-12(14(15,16)17)13(10)18-11-7-3-2-4-8-11/h2-5,7-9H,1H3. The molecular formula is C14H10F3O. The normalized spacial score (nSPS) is 11.3. The third-order valence-electron chi connectivity index (χ3n) is 2.40. The van der Waals surface area contributed by atoms with Crippen LogP contribution in [0.5, 0.6) is 11.5 Å². The van der Waals surface area contributed by atoms with Crippen LogP contribution in [0.4, 0.5) is 13.2 Å². The van der Waals surface area contributed by atoms with Crippen LogP contribution in [0, 0.1) is 13.0 Å². The molecule has 1 radical (unpaired) electrons. The fourth-order valence-corrected chi connectivity index (χ4v) is 1.55. The molecule has 18 heavy (non-hydrogen) atoms. The van der Waals surface area contributed by atoms with Crippen LogP contribution >= 0.6 is 0 Å². The minimum Gasteiger partial charge on any atom is -0.456 e. The van der Waals surface area contributed by atoms with Crippen molar-refractivity contribution in [1.29, 1.82) is 0 Å². The second-order valence-corrected chi connectivity index (χ2v) is 3.76. The van der Waals surface area contributed by atoms with Gasteiger partial charge in [-0.2, -0.15) is 13.2 Å². The highest BCUT2D eigenvalue weighted by Crippen LogP contribution is 2.39. The predicted molar refractivity (Wildman–Crippen MR) is 61.5 cm³/mol. The van der Waals surface area contributed by atoms with Crippen molar-refractivity contribution in [1.82, 2.24) is 0 Å². The monoisotopic (exact) mass is 251 g/mol. The molecule has 4 heteroatoms. The van der Waals surface area contributed by atoms with E-state index in [9.17, 15) is 13.2 Å². The van der Waals surface area contributed by atoms with Crippen molar-refractivity contribution >= 4 is 0 Å². The van der Waals surface area contributed by atoms with Crippen molar-refractivity contribution in [3.05, 3.63) is 59.7 Å². The fourth-order valence-electron chi connectivity index (χ4n) is 1.55. The molecule has 0 aromatic heterocycles. The van der Waals surface area contributed by atoms with Crippen LogP contribution in [0.25, 0.3) is 0 Å². The van der Waals surface area contributed by atoms with Gasteiger partial charge in [-0.1, -0.05) is 24.3 Å². The van der Waals surface area contributed by atoms with E-state index >= 15 is 0 Å². The molecule has 0 unspecified atom stereocenters. The maximum absolute atomic E-state index is 12.8. The molecule has 0 saturated carbocycles. The molecule has 2 rings (SSSR count). The van der Waals surface area contributed by atoms with Crippen molar-refractivity contribution in [2.45, 2.75) is 13.1 Å². The zero-order valence-electron chi connectivity index (χ0n) is 9.58. The summed E-state index contributed by atoms with van der Waals surface area (Å²) in [6, 6.07) is 13.3. The van der Waals surface area contributed by atoms with Gasteiger partial charge in [-0.05, 0) is 31.2 Å². The molecule has 0 N–H and O–H groups in total. The highest BCUT2D eigenvalue weighted by atomic mass is 19.4. The summed E-state index contributed by atoms with van der Waals surface area (Å²) in [7, 11) is 0. The molecule has 0 spiro atoms. The molecule has 0 aliphatic carbocycles. The van der Waals surface area contributed by atoms with E-state index in [1.54, 1.807) is 30.3 Å². The minimum atomic E-state index is -4.44. The molecule has 0 amide bonds. The van der Waals surface area contributed by atoms with Gasteiger partial charge in [0.1, 0.15) is 11.5 Å². The molecule has 0 saturated heterocycles. The third kappa shape index (κ3) is 2.64. The van der Waals surface area contributed by atoms with Crippen LogP contribution in [0.2, 0.25) is 0 Å². The first-order valence-corrected chi connectivity index (χ1v) is 5.30. The summed E-state index contributed by atoms with van der Waals surface area (Å²) in [5, 5.41) is 0. The maximum atomic E-state index is 12.8. The topological polar surface area (TPSA) is 9.23 Å².